The largest absolute Gasteiger partial charge is 0.494 e. The minimum absolute atomic E-state index is 0.110. The third-order valence-electron chi connectivity index (χ3n) is 9.01. The van der Waals surface area contributed by atoms with Gasteiger partial charge < -0.3 is 28.4 Å². The Morgan fingerprint density at radius 1 is 0.448 bits per heavy atom. The highest BCUT2D eigenvalue weighted by Gasteiger charge is 2.19. The topological polar surface area (TPSA) is 124 Å². The zero-order valence-corrected chi connectivity index (χ0v) is 33.3. The van der Waals surface area contributed by atoms with Crippen molar-refractivity contribution in [1.82, 2.24) is 0 Å². The van der Waals surface area contributed by atoms with Gasteiger partial charge in [-0.3, -0.25) is 0 Å². The molecule has 0 amide bonds. The molecule has 0 saturated heterocycles. The van der Waals surface area contributed by atoms with Gasteiger partial charge in [0, 0.05) is 24.3 Å². The molecule has 0 spiro atoms. The Morgan fingerprint density at radius 3 is 1.05 bits per heavy atom. The van der Waals surface area contributed by atoms with Crippen molar-refractivity contribution in [2.75, 3.05) is 26.4 Å². The average molecular weight is 807 g/mol. The highest BCUT2D eigenvalue weighted by Crippen LogP contribution is 2.28. The van der Waals surface area contributed by atoms with E-state index in [2.05, 4.69) is 13.2 Å². The van der Waals surface area contributed by atoms with E-state index in [1.165, 1.54) is 36.4 Å². The Hall–Kier alpha value is -5.52. The van der Waals surface area contributed by atoms with Gasteiger partial charge in [-0.05, 0) is 74.2 Å². The molecule has 3 aromatic carbocycles. The van der Waals surface area contributed by atoms with Crippen molar-refractivity contribution in [3.05, 3.63) is 109 Å². The van der Waals surface area contributed by atoms with Gasteiger partial charge in [0.1, 0.15) is 11.5 Å². The summed E-state index contributed by atoms with van der Waals surface area (Å²) in [5.74, 6) is -4.92. The number of carbonyl (C=O) groups excluding carboxylic acids is 4. The van der Waals surface area contributed by atoms with Crippen molar-refractivity contribution in [2.24, 2.45) is 0 Å². The molecule has 3 rings (SSSR count). The molecule has 10 nitrogen and oxygen atoms in total. The monoisotopic (exact) mass is 806 g/mol. The van der Waals surface area contributed by atoms with Crippen LogP contribution in [0.25, 0.3) is 0 Å². The van der Waals surface area contributed by atoms with E-state index in [1.54, 1.807) is 24.3 Å². The van der Waals surface area contributed by atoms with Crippen LogP contribution in [0.3, 0.4) is 0 Å². The summed E-state index contributed by atoms with van der Waals surface area (Å²) in [4.78, 5) is 47.4. The van der Waals surface area contributed by atoms with Crippen molar-refractivity contribution in [3.63, 3.8) is 0 Å². The predicted molar refractivity (Wildman–Crippen MR) is 216 cm³/mol. The van der Waals surface area contributed by atoms with Gasteiger partial charge in [0.05, 0.1) is 37.6 Å². The zero-order valence-electron chi connectivity index (χ0n) is 33.3. The molecule has 0 atom stereocenters. The van der Waals surface area contributed by atoms with Crippen LogP contribution in [0.1, 0.15) is 123 Å². The van der Waals surface area contributed by atoms with Crippen LogP contribution in [-0.2, 0) is 19.1 Å². The highest BCUT2D eigenvalue weighted by atomic mass is 19.1. The van der Waals surface area contributed by atoms with Gasteiger partial charge in [-0.2, -0.15) is 0 Å². The minimum Gasteiger partial charge on any atom is -0.494 e. The van der Waals surface area contributed by atoms with E-state index in [1.807, 2.05) is 0 Å². The summed E-state index contributed by atoms with van der Waals surface area (Å²) in [6.45, 7) is 8.63. The highest BCUT2D eigenvalue weighted by molar-refractivity contribution is 5.92. The molecule has 314 valence electrons. The van der Waals surface area contributed by atoms with E-state index in [0.29, 0.717) is 50.1 Å². The third-order valence-corrected chi connectivity index (χ3v) is 9.01. The molecule has 0 heterocycles. The maximum Gasteiger partial charge on any atom is 0.343 e. The van der Waals surface area contributed by atoms with E-state index < -0.39 is 35.1 Å². The molecule has 0 bridgehead atoms. The van der Waals surface area contributed by atoms with Gasteiger partial charge in [0.2, 0.25) is 0 Å². The van der Waals surface area contributed by atoms with Gasteiger partial charge in [-0.1, -0.05) is 90.2 Å². The van der Waals surface area contributed by atoms with Crippen LogP contribution in [0.4, 0.5) is 8.78 Å². The van der Waals surface area contributed by atoms with Crippen LogP contribution in [0.2, 0.25) is 0 Å². The quantitative estimate of drug-likeness (QED) is 0.0278. The lowest BCUT2D eigenvalue weighted by atomic mass is 10.1. The Labute approximate surface area is 340 Å². The molecular formula is C46H56F2O10. The number of hydrogen-bond donors (Lipinski definition) is 0. The van der Waals surface area contributed by atoms with Crippen molar-refractivity contribution >= 4 is 23.9 Å². The summed E-state index contributed by atoms with van der Waals surface area (Å²) in [5.41, 5.74) is 0.221. The number of rotatable bonds is 30. The first-order chi connectivity index (χ1) is 28.2. The fourth-order valence-electron chi connectivity index (χ4n) is 5.73. The zero-order chi connectivity index (χ0) is 41.8. The maximum absolute atomic E-state index is 14.9. The first-order valence-corrected chi connectivity index (χ1v) is 20.2. The molecule has 0 aliphatic rings. The molecule has 58 heavy (non-hydrogen) atoms. The first kappa shape index (κ1) is 46.9. The molecule has 0 N–H and O–H groups in total. The van der Waals surface area contributed by atoms with Crippen molar-refractivity contribution in [1.29, 1.82) is 0 Å². The summed E-state index contributed by atoms with van der Waals surface area (Å²) in [7, 11) is 0. The molecule has 0 aliphatic carbocycles. The predicted octanol–water partition coefficient (Wildman–Crippen LogP) is 10.9. The fraction of sp³-hybridized carbons (Fsp3) is 0.435. The van der Waals surface area contributed by atoms with Crippen molar-refractivity contribution in [2.45, 2.75) is 103 Å². The lowest BCUT2D eigenvalue weighted by Crippen LogP contribution is -2.12. The summed E-state index contributed by atoms with van der Waals surface area (Å²) >= 11 is 0. The van der Waals surface area contributed by atoms with Crippen molar-refractivity contribution in [3.8, 4) is 23.0 Å². The van der Waals surface area contributed by atoms with E-state index in [-0.39, 0.29) is 23.1 Å². The number of carbonyl (C=O) groups is 4. The number of esters is 4. The molecule has 0 saturated carbocycles. The van der Waals surface area contributed by atoms with Gasteiger partial charge in [0.15, 0.2) is 23.1 Å². The average Bonchev–Trinajstić information content (AvgIpc) is 3.23. The number of ether oxygens (including phenoxy) is 6. The Balaban J connectivity index is 1.29. The maximum atomic E-state index is 14.9. The van der Waals surface area contributed by atoms with Crippen LogP contribution in [0.5, 0.6) is 23.0 Å². The Kier molecular flexibility index (Phi) is 22.6. The molecule has 0 fully saturated rings. The van der Waals surface area contributed by atoms with Crippen LogP contribution in [0.15, 0.2) is 86.0 Å². The van der Waals surface area contributed by atoms with Gasteiger partial charge in [-0.15, -0.1) is 0 Å². The lowest BCUT2D eigenvalue weighted by molar-refractivity contribution is -0.138. The normalized spacial score (nSPS) is 10.7. The minimum atomic E-state index is -1.09. The van der Waals surface area contributed by atoms with Crippen molar-refractivity contribution < 1.29 is 56.4 Å². The molecule has 0 aromatic heterocycles. The van der Waals surface area contributed by atoms with Crippen LogP contribution < -0.4 is 18.9 Å². The summed E-state index contributed by atoms with van der Waals surface area (Å²) < 4.78 is 61.4. The first-order valence-electron chi connectivity index (χ1n) is 20.2. The second-order valence-electron chi connectivity index (χ2n) is 13.6. The van der Waals surface area contributed by atoms with E-state index in [0.717, 1.165) is 103 Å². The van der Waals surface area contributed by atoms with Gasteiger partial charge in [0.25, 0.3) is 0 Å². The van der Waals surface area contributed by atoms with Gasteiger partial charge >= 0.3 is 23.9 Å². The molecule has 3 aromatic rings. The van der Waals surface area contributed by atoms with Crippen LogP contribution in [0, 0.1) is 11.6 Å². The van der Waals surface area contributed by atoms with Gasteiger partial charge in [-0.25, -0.2) is 28.0 Å². The standard InChI is InChI=1S/C46H56F2O10/c1-3-43(49)55-31-19-15-11-7-5-9-13-17-29-53-37-25-21-35(22-26-37)45(51)57-41-33-40(48)42(34-39(41)47)58-46(52)36-23-27-38(28-24-36)54-30-18-14-10-6-8-12-16-20-32-56-44(50)4-2/h3-4,21-28,33-34H,1-2,5-20,29-32H2. The SMILES string of the molecule is C=CC(=O)OCCCCCCCCCCOc1ccc(C(=O)Oc2cc(F)c(OC(=O)c3ccc(OCCCCCCCCCCOC(=O)C=C)cc3)cc2F)cc1. The number of hydrogen-bond acceptors (Lipinski definition) is 10. The van der Waals surface area contributed by atoms with E-state index in [4.69, 9.17) is 28.4 Å². The van der Waals surface area contributed by atoms with Crippen LogP contribution in [-0.4, -0.2) is 50.3 Å². The molecule has 0 radical (unpaired) electrons. The van der Waals surface area contributed by atoms with E-state index in [9.17, 15) is 28.0 Å². The smallest absolute Gasteiger partial charge is 0.343 e. The second-order valence-corrected chi connectivity index (χ2v) is 13.6. The Bertz CT molecular complexity index is 1600. The molecule has 0 aliphatic heterocycles. The summed E-state index contributed by atoms with van der Waals surface area (Å²) in [5, 5.41) is 0. The summed E-state index contributed by atoms with van der Waals surface area (Å²) in [6, 6.07) is 13.6. The lowest BCUT2D eigenvalue weighted by Gasteiger charge is -2.11. The van der Waals surface area contributed by atoms with E-state index >= 15 is 0 Å². The molecular weight excluding hydrogens is 750 g/mol. The third kappa shape index (κ3) is 19.1. The second kappa shape index (κ2) is 28.0. The Morgan fingerprint density at radius 2 is 0.741 bits per heavy atom. The summed E-state index contributed by atoms with van der Waals surface area (Å²) in [6.07, 6.45) is 18.8. The number of halogens is 2. The number of benzene rings is 3. The number of unbranched alkanes of at least 4 members (excludes halogenated alkanes) is 14. The molecule has 0 unspecified atom stereocenters. The molecule has 12 heteroatoms. The van der Waals surface area contributed by atoms with Crippen LogP contribution >= 0.6 is 0 Å². The fourth-order valence-corrected chi connectivity index (χ4v) is 5.73.